The van der Waals surface area contributed by atoms with E-state index in [1.807, 2.05) is 49.5 Å². The monoisotopic (exact) mass is 378 g/mol. The van der Waals surface area contributed by atoms with Gasteiger partial charge in [-0.2, -0.15) is 0 Å². The molecule has 4 nitrogen and oxygen atoms in total. The topological polar surface area (TPSA) is 33.7 Å². The van der Waals surface area contributed by atoms with Crippen LogP contribution in [0.4, 0.5) is 5.69 Å². The molecule has 2 aromatic carbocycles. The van der Waals surface area contributed by atoms with E-state index in [0.717, 1.165) is 28.8 Å². The van der Waals surface area contributed by atoms with Crippen molar-refractivity contribution in [2.24, 2.45) is 0 Å². The minimum Gasteiger partial charge on any atom is -0.497 e. The van der Waals surface area contributed by atoms with Crippen molar-refractivity contribution in [3.05, 3.63) is 54.1 Å². The maximum atomic E-state index is 6.08. The summed E-state index contributed by atoms with van der Waals surface area (Å²) in [5.41, 5.74) is 2.00. The summed E-state index contributed by atoms with van der Waals surface area (Å²) in [6.45, 7) is 1.37. The van der Waals surface area contributed by atoms with Crippen LogP contribution in [0, 0.1) is 0 Å². The minimum absolute atomic E-state index is 0.615. The molecule has 0 bridgehead atoms. The Hall–Kier alpha value is -1.46. The van der Waals surface area contributed by atoms with Gasteiger partial charge in [0, 0.05) is 24.5 Å². The number of rotatable bonds is 4. The van der Waals surface area contributed by atoms with Crippen molar-refractivity contribution in [1.82, 2.24) is 5.32 Å². The number of anilines is 1. The number of para-hydroxylation sites is 1. The zero-order chi connectivity index (χ0) is 17.2. The molecule has 0 saturated carbocycles. The Labute approximate surface area is 152 Å². The second-order valence-corrected chi connectivity index (χ2v) is 9.46. The van der Waals surface area contributed by atoms with Crippen LogP contribution in [0.2, 0.25) is 0 Å². The first-order valence-electron chi connectivity index (χ1n) is 7.58. The highest BCUT2D eigenvalue weighted by atomic mass is 32.4. The number of hydrogen-bond acceptors (Lipinski definition) is 4. The number of benzene rings is 2. The van der Waals surface area contributed by atoms with Crippen molar-refractivity contribution >= 4 is 46.4 Å². The maximum Gasteiger partial charge on any atom is 0.186 e. The fraction of sp³-hybridized carbons (Fsp3) is 0.235. The maximum absolute atomic E-state index is 6.08. The number of nitrogens with one attached hydrogen (secondary N) is 1. The molecule has 0 aliphatic carbocycles. The predicted molar refractivity (Wildman–Crippen MR) is 107 cm³/mol. The van der Waals surface area contributed by atoms with Gasteiger partial charge in [0.1, 0.15) is 10.7 Å². The standard InChI is InChI=1S/C17H19N2O2PS2/c1-18-17(23)15-5-3-4-6-16(15)19-11-12-21-22(19,24)14-9-7-13(20-2)8-10-14/h3-10H,11-12H2,1-2H3,(H,18,23)/t22-/m1/s1. The third-order valence-electron chi connectivity index (χ3n) is 3.94. The van der Waals surface area contributed by atoms with Crippen LogP contribution in [-0.4, -0.2) is 32.3 Å². The fourth-order valence-electron chi connectivity index (χ4n) is 2.72. The molecule has 1 heterocycles. The van der Waals surface area contributed by atoms with E-state index < -0.39 is 6.42 Å². The molecule has 126 valence electrons. The van der Waals surface area contributed by atoms with Crippen LogP contribution >= 0.6 is 18.6 Å². The molecule has 2 aromatic rings. The van der Waals surface area contributed by atoms with Crippen molar-refractivity contribution in [1.29, 1.82) is 0 Å². The van der Waals surface area contributed by atoms with E-state index in [1.165, 1.54) is 0 Å². The summed E-state index contributed by atoms with van der Waals surface area (Å²) in [6, 6.07) is 15.9. The van der Waals surface area contributed by atoms with Gasteiger partial charge in [-0.25, -0.2) is 0 Å². The summed E-state index contributed by atoms with van der Waals surface area (Å²) < 4.78 is 13.5. The summed E-state index contributed by atoms with van der Waals surface area (Å²) in [7, 11) is 3.49. The Morgan fingerprint density at radius 2 is 1.92 bits per heavy atom. The third-order valence-corrected chi connectivity index (χ3v) is 8.44. The third kappa shape index (κ3) is 3.07. The molecule has 1 fully saturated rings. The van der Waals surface area contributed by atoms with Gasteiger partial charge in [-0.05, 0) is 48.2 Å². The van der Waals surface area contributed by atoms with E-state index in [-0.39, 0.29) is 0 Å². The summed E-state index contributed by atoms with van der Waals surface area (Å²) in [5, 5.41) is 4.07. The van der Waals surface area contributed by atoms with Crippen LogP contribution in [0.5, 0.6) is 5.75 Å². The van der Waals surface area contributed by atoms with Crippen molar-refractivity contribution in [3.63, 3.8) is 0 Å². The molecule has 1 N–H and O–H groups in total. The van der Waals surface area contributed by atoms with E-state index in [0.29, 0.717) is 11.6 Å². The Bertz CT molecular complexity index is 795. The molecule has 0 radical (unpaired) electrons. The zero-order valence-corrected chi connectivity index (χ0v) is 16.1. The van der Waals surface area contributed by atoms with Crippen molar-refractivity contribution < 1.29 is 9.26 Å². The molecular weight excluding hydrogens is 359 g/mol. The van der Waals surface area contributed by atoms with Crippen LogP contribution < -0.4 is 20.0 Å². The Morgan fingerprint density at radius 3 is 2.58 bits per heavy atom. The molecule has 3 rings (SSSR count). The van der Waals surface area contributed by atoms with Crippen molar-refractivity contribution in [3.8, 4) is 5.75 Å². The first-order valence-corrected chi connectivity index (χ1v) is 10.7. The second-order valence-electron chi connectivity index (χ2n) is 5.27. The minimum atomic E-state index is -2.34. The molecule has 0 unspecified atom stereocenters. The first-order chi connectivity index (χ1) is 11.6. The summed E-state index contributed by atoms with van der Waals surface area (Å²) in [4.78, 5) is 0.703. The highest BCUT2D eigenvalue weighted by molar-refractivity contribution is 8.16. The molecule has 1 aliphatic heterocycles. The summed E-state index contributed by atoms with van der Waals surface area (Å²) in [5.74, 6) is 0.808. The highest BCUT2D eigenvalue weighted by Crippen LogP contribution is 2.56. The van der Waals surface area contributed by atoms with Gasteiger partial charge in [0.25, 0.3) is 0 Å². The molecule has 0 aromatic heterocycles. The number of hydrogen-bond donors (Lipinski definition) is 1. The molecule has 0 spiro atoms. The van der Waals surface area contributed by atoms with E-state index in [4.69, 9.17) is 33.3 Å². The summed E-state index contributed by atoms with van der Waals surface area (Å²) in [6.07, 6.45) is -2.34. The van der Waals surface area contributed by atoms with E-state index in [1.54, 1.807) is 7.11 Å². The molecule has 0 amide bonds. The molecular formula is C17H19N2O2PS2. The zero-order valence-electron chi connectivity index (χ0n) is 13.6. The van der Waals surface area contributed by atoms with Gasteiger partial charge in [-0.1, -0.05) is 24.4 Å². The van der Waals surface area contributed by atoms with E-state index in [9.17, 15) is 0 Å². The Balaban J connectivity index is 2.04. The van der Waals surface area contributed by atoms with Crippen LogP contribution in [0.3, 0.4) is 0 Å². The van der Waals surface area contributed by atoms with E-state index >= 15 is 0 Å². The smallest absolute Gasteiger partial charge is 0.186 e. The average Bonchev–Trinajstić information content (AvgIpc) is 3.03. The molecule has 1 aliphatic rings. The van der Waals surface area contributed by atoms with Crippen molar-refractivity contribution in [2.75, 3.05) is 32.0 Å². The lowest BCUT2D eigenvalue weighted by Gasteiger charge is -2.30. The largest absolute Gasteiger partial charge is 0.497 e. The lowest BCUT2D eigenvalue weighted by atomic mass is 10.1. The van der Waals surface area contributed by atoms with Gasteiger partial charge < -0.3 is 19.2 Å². The number of nitrogens with zero attached hydrogens (tertiary/aromatic N) is 1. The first kappa shape index (κ1) is 17.4. The van der Waals surface area contributed by atoms with Crippen LogP contribution in [0.25, 0.3) is 0 Å². The SMILES string of the molecule is CNC(=S)c1ccccc1N1CCO[P@@]1(=S)c1ccc(OC)cc1. The van der Waals surface area contributed by atoms with Gasteiger partial charge in [0.2, 0.25) is 0 Å². The quantitative estimate of drug-likeness (QED) is 0.651. The van der Waals surface area contributed by atoms with Gasteiger partial charge in [-0.3, -0.25) is 0 Å². The predicted octanol–water partition coefficient (Wildman–Crippen LogP) is 3.06. The number of ether oxygens (including phenoxy) is 1. The van der Waals surface area contributed by atoms with Gasteiger partial charge in [0.15, 0.2) is 6.42 Å². The second kappa shape index (κ2) is 7.19. The highest BCUT2D eigenvalue weighted by Gasteiger charge is 2.36. The van der Waals surface area contributed by atoms with Crippen LogP contribution in [0.1, 0.15) is 5.56 Å². The van der Waals surface area contributed by atoms with E-state index in [2.05, 4.69) is 16.1 Å². The van der Waals surface area contributed by atoms with Crippen LogP contribution in [-0.2, 0) is 16.3 Å². The van der Waals surface area contributed by atoms with Gasteiger partial charge in [0.05, 0.1) is 19.4 Å². The average molecular weight is 378 g/mol. The lowest BCUT2D eigenvalue weighted by molar-refractivity contribution is 0.401. The van der Waals surface area contributed by atoms with Crippen LogP contribution in [0.15, 0.2) is 48.5 Å². The fourth-order valence-corrected chi connectivity index (χ4v) is 6.22. The molecule has 24 heavy (non-hydrogen) atoms. The normalized spacial score (nSPS) is 20.0. The molecule has 1 atom stereocenters. The summed E-state index contributed by atoms with van der Waals surface area (Å²) >= 11 is 11.5. The lowest BCUT2D eigenvalue weighted by Crippen LogP contribution is -2.25. The molecule has 7 heteroatoms. The molecule has 1 saturated heterocycles. The van der Waals surface area contributed by atoms with Gasteiger partial charge >= 0.3 is 0 Å². The number of methoxy groups -OCH3 is 1. The van der Waals surface area contributed by atoms with Crippen molar-refractivity contribution in [2.45, 2.75) is 0 Å². The Kier molecular flexibility index (Phi) is 5.21. The number of thiocarbonyl (C=S) groups is 1. The van der Waals surface area contributed by atoms with Gasteiger partial charge in [-0.15, -0.1) is 0 Å². The Morgan fingerprint density at radius 1 is 1.21 bits per heavy atom.